The molecule has 5 nitrogen and oxygen atoms in total. The molecule has 2 aromatic carbocycles. The van der Waals surface area contributed by atoms with Gasteiger partial charge in [0.1, 0.15) is 5.82 Å². The van der Waals surface area contributed by atoms with Crippen molar-refractivity contribution in [2.75, 3.05) is 33.7 Å². The normalized spacial score (nSPS) is 16.4. The molecule has 0 bridgehead atoms. The van der Waals surface area contributed by atoms with Crippen molar-refractivity contribution in [1.29, 1.82) is 0 Å². The van der Waals surface area contributed by atoms with Crippen molar-refractivity contribution >= 4 is 29.9 Å². The Morgan fingerprint density at radius 1 is 1.15 bits per heavy atom. The highest BCUT2D eigenvalue weighted by Gasteiger charge is 2.24. The zero-order valence-electron chi connectivity index (χ0n) is 20.4. The lowest BCUT2D eigenvalue weighted by Gasteiger charge is -2.37. The number of hydrogen-bond donors (Lipinski definition) is 2. The number of likely N-dealkylation sites (tertiary alicyclic amines) is 1. The van der Waals surface area contributed by atoms with E-state index in [0.29, 0.717) is 30.7 Å². The highest BCUT2D eigenvalue weighted by Crippen LogP contribution is 2.24. The van der Waals surface area contributed by atoms with Gasteiger partial charge < -0.3 is 15.5 Å². The fraction of sp³-hybridized carbons (Fsp3) is 0.500. The molecule has 33 heavy (non-hydrogen) atoms. The molecule has 0 amide bonds. The molecule has 3 rings (SSSR count). The summed E-state index contributed by atoms with van der Waals surface area (Å²) in [6.07, 6.45) is 2.18. The van der Waals surface area contributed by atoms with Gasteiger partial charge >= 0.3 is 0 Å². The Kier molecular flexibility index (Phi) is 11.6. The highest BCUT2D eigenvalue weighted by atomic mass is 127. The Hall–Kier alpha value is -1.71. The second-order valence-corrected chi connectivity index (χ2v) is 8.90. The van der Waals surface area contributed by atoms with E-state index < -0.39 is 0 Å². The topological polar surface area (TPSA) is 42.9 Å². The third-order valence-electron chi connectivity index (χ3n) is 6.06. The minimum absolute atomic E-state index is 0. The fourth-order valence-electron chi connectivity index (χ4n) is 4.25. The van der Waals surface area contributed by atoms with Gasteiger partial charge in [-0.2, -0.15) is 0 Å². The van der Waals surface area contributed by atoms with Crippen LogP contribution in [-0.4, -0.2) is 55.5 Å². The number of nitrogens with one attached hydrogen (secondary N) is 2. The van der Waals surface area contributed by atoms with E-state index in [4.69, 9.17) is 4.99 Å². The molecule has 1 fully saturated rings. The van der Waals surface area contributed by atoms with Crippen molar-refractivity contribution < 1.29 is 4.39 Å². The first-order valence-electron chi connectivity index (χ1n) is 11.7. The monoisotopic (exact) mass is 567 g/mol. The molecule has 1 aliphatic heterocycles. The van der Waals surface area contributed by atoms with Crippen LogP contribution in [-0.2, 0) is 13.1 Å². The van der Waals surface area contributed by atoms with E-state index in [9.17, 15) is 4.39 Å². The zero-order chi connectivity index (χ0) is 22.9. The number of piperidine rings is 1. The van der Waals surface area contributed by atoms with Crippen LogP contribution in [0.1, 0.15) is 49.4 Å². The van der Waals surface area contributed by atoms with Gasteiger partial charge in [0.15, 0.2) is 5.96 Å². The third-order valence-corrected chi connectivity index (χ3v) is 6.06. The summed E-state index contributed by atoms with van der Waals surface area (Å²) >= 11 is 0. The van der Waals surface area contributed by atoms with Gasteiger partial charge in [0, 0.05) is 43.8 Å². The SMILES string of the molecule is CCNC(=NCc1ccc(F)c(CN(C)C)c1)NC1CCN(C(C)c2ccccc2)CC1.I. The smallest absolute Gasteiger partial charge is 0.191 e. The summed E-state index contributed by atoms with van der Waals surface area (Å²) in [7, 11) is 3.90. The summed E-state index contributed by atoms with van der Waals surface area (Å²) in [6, 6.07) is 16.9. The van der Waals surface area contributed by atoms with Crippen LogP contribution in [0.5, 0.6) is 0 Å². The molecule has 1 aliphatic rings. The van der Waals surface area contributed by atoms with Gasteiger partial charge in [0.05, 0.1) is 6.54 Å². The summed E-state index contributed by atoms with van der Waals surface area (Å²) in [5, 5.41) is 6.98. The van der Waals surface area contributed by atoms with E-state index in [1.807, 2.05) is 31.1 Å². The molecule has 0 aliphatic carbocycles. The molecule has 182 valence electrons. The van der Waals surface area contributed by atoms with Gasteiger partial charge in [-0.25, -0.2) is 9.38 Å². The van der Waals surface area contributed by atoms with Crippen molar-refractivity contribution in [3.63, 3.8) is 0 Å². The zero-order valence-corrected chi connectivity index (χ0v) is 22.7. The third kappa shape index (κ3) is 8.54. The maximum Gasteiger partial charge on any atom is 0.191 e. The lowest BCUT2D eigenvalue weighted by atomic mass is 10.0. The molecule has 0 saturated carbocycles. The molecule has 2 aromatic rings. The molecule has 1 heterocycles. The van der Waals surface area contributed by atoms with E-state index >= 15 is 0 Å². The van der Waals surface area contributed by atoms with Crippen LogP contribution >= 0.6 is 24.0 Å². The van der Waals surface area contributed by atoms with E-state index in [2.05, 4.69) is 59.7 Å². The predicted molar refractivity (Wildman–Crippen MR) is 147 cm³/mol. The number of rotatable bonds is 8. The maximum atomic E-state index is 14.1. The lowest BCUT2D eigenvalue weighted by Crippen LogP contribution is -2.49. The molecule has 1 unspecified atom stereocenters. The molecule has 0 aromatic heterocycles. The van der Waals surface area contributed by atoms with E-state index in [0.717, 1.165) is 44.0 Å². The second-order valence-electron chi connectivity index (χ2n) is 8.90. The van der Waals surface area contributed by atoms with Crippen LogP contribution in [0.3, 0.4) is 0 Å². The number of aliphatic imine (C=N–C) groups is 1. The number of benzene rings is 2. The number of halogens is 2. The van der Waals surface area contributed by atoms with Crippen LogP contribution in [0.2, 0.25) is 0 Å². The molecule has 0 spiro atoms. The molecule has 0 radical (unpaired) electrons. The molecular weight excluding hydrogens is 528 g/mol. The Bertz CT molecular complexity index is 866. The average Bonchev–Trinajstić information content (AvgIpc) is 2.80. The maximum absolute atomic E-state index is 14.1. The molecule has 2 N–H and O–H groups in total. The predicted octanol–water partition coefficient (Wildman–Crippen LogP) is 4.79. The lowest BCUT2D eigenvalue weighted by molar-refractivity contribution is 0.158. The summed E-state index contributed by atoms with van der Waals surface area (Å²) in [5.41, 5.74) is 3.11. The van der Waals surface area contributed by atoms with Gasteiger partial charge in [0.2, 0.25) is 0 Å². The minimum atomic E-state index is -0.159. The van der Waals surface area contributed by atoms with Gasteiger partial charge in [-0.15, -0.1) is 24.0 Å². The first-order chi connectivity index (χ1) is 15.5. The number of guanidine groups is 1. The quantitative estimate of drug-likeness (QED) is 0.274. The highest BCUT2D eigenvalue weighted by molar-refractivity contribution is 14.0. The summed E-state index contributed by atoms with van der Waals surface area (Å²) < 4.78 is 14.1. The van der Waals surface area contributed by atoms with E-state index in [-0.39, 0.29) is 29.8 Å². The Labute approximate surface area is 215 Å². The van der Waals surface area contributed by atoms with E-state index in [1.165, 1.54) is 5.56 Å². The van der Waals surface area contributed by atoms with Crippen molar-refractivity contribution in [1.82, 2.24) is 20.4 Å². The van der Waals surface area contributed by atoms with E-state index in [1.54, 1.807) is 6.07 Å². The number of nitrogens with zero attached hydrogens (tertiary/aromatic N) is 3. The largest absolute Gasteiger partial charge is 0.357 e. The van der Waals surface area contributed by atoms with Crippen molar-refractivity contribution in [2.45, 2.75) is 51.9 Å². The van der Waals surface area contributed by atoms with Crippen LogP contribution < -0.4 is 10.6 Å². The first-order valence-corrected chi connectivity index (χ1v) is 11.7. The average molecular weight is 568 g/mol. The fourth-order valence-corrected chi connectivity index (χ4v) is 4.25. The van der Waals surface area contributed by atoms with Crippen molar-refractivity contribution in [3.05, 3.63) is 71.0 Å². The Morgan fingerprint density at radius 2 is 1.85 bits per heavy atom. The first kappa shape index (κ1) is 27.5. The van der Waals surface area contributed by atoms with Crippen molar-refractivity contribution in [2.24, 2.45) is 4.99 Å². The standard InChI is InChI=1S/C26H38FN5.HI/c1-5-28-26(29-18-21-11-12-25(27)23(17-21)19-31(3)4)30-24-13-15-32(16-14-24)20(2)22-9-7-6-8-10-22;/h6-12,17,20,24H,5,13-16,18-19H2,1-4H3,(H2,28,29,30);1H. The van der Waals surface area contributed by atoms with Gasteiger partial charge in [-0.3, -0.25) is 4.90 Å². The minimum Gasteiger partial charge on any atom is -0.357 e. The Morgan fingerprint density at radius 3 is 2.48 bits per heavy atom. The molecule has 1 atom stereocenters. The molecule has 1 saturated heterocycles. The molecule has 7 heteroatoms. The van der Waals surface area contributed by atoms with Crippen LogP contribution in [0.15, 0.2) is 53.5 Å². The summed E-state index contributed by atoms with van der Waals surface area (Å²) in [5.74, 6) is 0.675. The van der Waals surface area contributed by atoms with Crippen molar-refractivity contribution in [3.8, 4) is 0 Å². The van der Waals surface area contributed by atoms with Gasteiger partial charge in [0.25, 0.3) is 0 Å². The van der Waals surface area contributed by atoms with Crippen LogP contribution in [0.4, 0.5) is 4.39 Å². The number of hydrogen-bond acceptors (Lipinski definition) is 3. The summed E-state index contributed by atoms with van der Waals surface area (Å²) in [4.78, 5) is 9.31. The van der Waals surface area contributed by atoms with Gasteiger partial charge in [-0.1, -0.05) is 36.4 Å². The van der Waals surface area contributed by atoms with Crippen LogP contribution in [0.25, 0.3) is 0 Å². The Balaban J connectivity index is 0.00000385. The van der Waals surface area contributed by atoms with Crippen LogP contribution in [0, 0.1) is 5.82 Å². The van der Waals surface area contributed by atoms with Gasteiger partial charge in [-0.05, 0) is 64.0 Å². The second kappa shape index (κ2) is 13.9. The summed E-state index contributed by atoms with van der Waals surface area (Å²) in [6.45, 7) is 8.43. The molecular formula is C26H39FIN5.